The number of carboxylic acid groups (broad SMARTS) is 1. The molecular weight excluding hydrogens is 414 g/mol. The SMILES string of the molecule is CC[C@H](NC(=O)COc1cc2c(c3oc(=O)c4c(c13)CCCC4)CCC(C)(C)O2)C(=O)O. The van der Waals surface area contributed by atoms with Gasteiger partial charge >= 0.3 is 11.6 Å². The van der Waals surface area contributed by atoms with Gasteiger partial charge in [-0.3, -0.25) is 4.79 Å². The third-order valence-electron chi connectivity index (χ3n) is 6.28. The number of ether oxygens (including phenoxy) is 2. The zero-order valence-electron chi connectivity index (χ0n) is 18.7. The number of benzene rings is 1. The average Bonchev–Trinajstić information content (AvgIpc) is 2.74. The highest BCUT2D eigenvalue weighted by atomic mass is 16.5. The van der Waals surface area contributed by atoms with Crippen LogP contribution in [0.2, 0.25) is 0 Å². The summed E-state index contributed by atoms with van der Waals surface area (Å²) < 4.78 is 17.8. The molecule has 1 aromatic heterocycles. The fraction of sp³-hybridized carbons (Fsp3) is 0.542. The number of aryl methyl sites for hydroxylation is 2. The van der Waals surface area contributed by atoms with Gasteiger partial charge in [0.05, 0.1) is 5.39 Å². The first-order valence-electron chi connectivity index (χ1n) is 11.2. The summed E-state index contributed by atoms with van der Waals surface area (Å²) in [5.74, 6) is -0.624. The third-order valence-corrected chi connectivity index (χ3v) is 6.28. The molecule has 1 amide bonds. The Morgan fingerprint density at radius 3 is 2.59 bits per heavy atom. The number of aliphatic carboxylic acids is 1. The molecular formula is C24H29NO7. The smallest absolute Gasteiger partial charge is 0.339 e. The maximum atomic E-state index is 12.7. The highest BCUT2D eigenvalue weighted by Crippen LogP contribution is 2.44. The van der Waals surface area contributed by atoms with Crippen LogP contribution in [0.5, 0.6) is 11.5 Å². The fourth-order valence-electron chi connectivity index (χ4n) is 4.55. The van der Waals surface area contributed by atoms with E-state index in [0.717, 1.165) is 42.2 Å². The second-order valence-electron chi connectivity index (χ2n) is 9.13. The van der Waals surface area contributed by atoms with Crippen molar-refractivity contribution in [2.75, 3.05) is 6.61 Å². The quantitative estimate of drug-likeness (QED) is 0.659. The number of hydrogen-bond donors (Lipinski definition) is 2. The summed E-state index contributed by atoms with van der Waals surface area (Å²) in [6.45, 7) is 5.32. The second-order valence-corrected chi connectivity index (χ2v) is 9.13. The van der Waals surface area contributed by atoms with Gasteiger partial charge in [0.25, 0.3) is 5.91 Å². The van der Waals surface area contributed by atoms with E-state index < -0.39 is 17.9 Å². The van der Waals surface area contributed by atoms with Crippen molar-refractivity contribution < 1.29 is 28.6 Å². The molecule has 1 aliphatic heterocycles. The van der Waals surface area contributed by atoms with Crippen molar-refractivity contribution in [3.05, 3.63) is 33.2 Å². The van der Waals surface area contributed by atoms with Gasteiger partial charge in [-0.15, -0.1) is 0 Å². The Balaban J connectivity index is 1.76. The highest BCUT2D eigenvalue weighted by molar-refractivity contribution is 5.93. The Morgan fingerprint density at radius 2 is 1.91 bits per heavy atom. The number of rotatable bonds is 6. The van der Waals surface area contributed by atoms with Crippen molar-refractivity contribution >= 4 is 22.8 Å². The first-order valence-corrected chi connectivity index (χ1v) is 11.2. The van der Waals surface area contributed by atoms with E-state index in [-0.39, 0.29) is 24.3 Å². The van der Waals surface area contributed by atoms with Crippen LogP contribution >= 0.6 is 0 Å². The van der Waals surface area contributed by atoms with E-state index in [1.54, 1.807) is 13.0 Å². The van der Waals surface area contributed by atoms with Crippen LogP contribution in [0.1, 0.15) is 63.1 Å². The molecule has 0 radical (unpaired) electrons. The van der Waals surface area contributed by atoms with Crippen molar-refractivity contribution in [1.82, 2.24) is 5.32 Å². The molecule has 1 aliphatic carbocycles. The number of carbonyl (C=O) groups excluding carboxylic acids is 1. The molecule has 0 unspecified atom stereocenters. The molecule has 2 aliphatic rings. The van der Waals surface area contributed by atoms with E-state index in [1.165, 1.54) is 0 Å². The van der Waals surface area contributed by atoms with Gasteiger partial charge in [-0.05, 0) is 64.4 Å². The molecule has 2 N–H and O–H groups in total. The molecule has 0 saturated carbocycles. The molecule has 2 heterocycles. The molecule has 0 fully saturated rings. The third kappa shape index (κ3) is 4.18. The van der Waals surface area contributed by atoms with Crippen LogP contribution in [0, 0.1) is 0 Å². The van der Waals surface area contributed by atoms with Gasteiger partial charge in [0, 0.05) is 17.2 Å². The molecule has 0 bridgehead atoms. The predicted molar refractivity (Wildman–Crippen MR) is 118 cm³/mol. The van der Waals surface area contributed by atoms with E-state index in [1.807, 2.05) is 13.8 Å². The van der Waals surface area contributed by atoms with Gasteiger partial charge in [0.15, 0.2) is 6.61 Å². The van der Waals surface area contributed by atoms with Crippen molar-refractivity contribution in [2.24, 2.45) is 0 Å². The standard InChI is InChI=1S/C24H29NO7/c1-4-16(22(27)28)25-19(26)12-30-18-11-17-15(9-10-24(2,3)32-17)21-20(18)13-7-5-6-8-14(13)23(29)31-21/h11,16H,4-10,12H2,1-3H3,(H,25,26)(H,27,28)/t16-/m0/s1. The number of carboxylic acids is 1. The number of amides is 1. The van der Waals surface area contributed by atoms with Crippen LogP contribution in [-0.2, 0) is 28.9 Å². The van der Waals surface area contributed by atoms with Gasteiger partial charge in [-0.25, -0.2) is 9.59 Å². The Morgan fingerprint density at radius 1 is 1.19 bits per heavy atom. The van der Waals surface area contributed by atoms with E-state index >= 15 is 0 Å². The minimum absolute atomic E-state index is 0.268. The average molecular weight is 443 g/mol. The molecule has 8 heteroatoms. The molecule has 0 spiro atoms. The van der Waals surface area contributed by atoms with Gasteiger partial charge in [-0.2, -0.15) is 0 Å². The molecule has 32 heavy (non-hydrogen) atoms. The molecule has 4 rings (SSSR count). The fourth-order valence-corrected chi connectivity index (χ4v) is 4.55. The van der Waals surface area contributed by atoms with Crippen LogP contribution < -0.4 is 20.4 Å². The summed E-state index contributed by atoms with van der Waals surface area (Å²) >= 11 is 0. The largest absolute Gasteiger partial charge is 0.487 e. The number of nitrogens with one attached hydrogen (secondary N) is 1. The summed E-state index contributed by atoms with van der Waals surface area (Å²) in [5.41, 5.74) is 2.21. The topological polar surface area (TPSA) is 115 Å². The monoisotopic (exact) mass is 443 g/mol. The van der Waals surface area contributed by atoms with Crippen molar-refractivity contribution in [1.29, 1.82) is 0 Å². The van der Waals surface area contributed by atoms with Crippen molar-refractivity contribution in [3.8, 4) is 11.5 Å². The zero-order valence-corrected chi connectivity index (χ0v) is 18.7. The molecule has 0 saturated heterocycles. The summed E-state index contributed by atoms with van der Waals surface area (Å²) in [6.07, 6.45) is 5.04. The Kier molecular flexibility index (Phi) is 5.88. The van der Waals surface area contributed by atoms with E-state index in [2.05, 4.69) is 5.32 Å². The Hall–Kier alpha value is -3.03. The lowest BCUT2D eigenvalue weighted by Gasteiger charge is -2.33. The lowest BCUT2D eigenvalue weighted by atomic mass is 9.87. The first kappa shape index (κ1) is 22.2. The van der Waals surface area contributed by atoms with Crippen LogP contribution in [0.25, 0.3) is 11.0 Å². The Labute approximate surface area is 185 Å². The summed E-state index contributed by atoms with van der Waals surface area (Å²) in [4.78, 5) is 36.3. The van der Waals surface area contributed by atoms with Crippen molar-refractivity contribution in [2.45, 2.75) is 77.4 Å². The van der Waals surface area contributed by atoms with Gasteiger partial charge in [-0.1, -0.05) is 6.92 Å². The maximum Gasteiger partial charge on any atom is 0.339 e. The molecule has 2 aromatic rings. The Bertz CT molecular complexity index is 1130. The zero-order chi connectivity index (χ0) is 23.0. The number of hydrogen-bond acceptors (Lipinski definition) is 6. The van der Waals surface area contributed by atoms with Gasteiger partial charge in [0.2, 0.25) is 0 Å². The molecule has 1 atom stereocenters. The number of carbonyl (C=O) groups is 2. The van der Waals surface area contributed by atoms with E-state index in [0.29, 0.717) is 35.5 Å². The van der Waals surface area contributed by atoms with Crippen LogP contribution in [0.3, 0.4) is 0 Å². The maximum absolute atomic E-state index is 12.7. The van der Waals surface area contributed by atoms with Crippen molar-refractivity contribution in [3.63, 3.8) is 0 Å². The highest BCUT2D eigenvalue weighted by Gasteiger charge is 2.32. The summed E-state index contributed by atoms with van der Waals surface area (Å²) in [7, 11) is 0. The lowest BCUT2D eigenvalue weighted by molar-refractivity contribution is -0.142. The van der Waals surface area contributed by atoms with Gasteiger partial charge in [0.1, 0.15) is 28.7 Å². The summed E-state index contributed by atoms with van der Waals surface area (Å²) in [6, 6.07) is 0.802. The molecule has 8 nitrogen and oxygen atoms in total. The first-order chi connectivity index (χ1) is 15.2. The normalized spacial score (nSPS) is 17.6. The number of fused-ring (bicyclic) bond motifs is 5. The van der Waals surface area contributed by atoms with Crippen LogP contribution in [0.4, 0.5) is 0 Å². The summed E-state index contributed by atoms with van der Waals surface area (Å²) in [5, 5.41) is 12.4. The van der Waals surface area contributed by atoms with Crippen LogP contribution in [0.15, 0.2) is 15.3 Å². The van der Waals surface area contributed by atoms with Crippen LogP contribution in [-0.4, -0.2) is 35.2 Å². The minimum atomic E-state index is -1.09. The molecule has 1 aromatic carbocycles. The molecule has 172 valence electrons. The van der Waals surface area contributed by atoms with E-state index in [9.17, 15) is 19.5 Å². The van der Waals surface area contributed by atoms with Gasteiger partial charge < -0.3 is 24.3 Å². The lowest BCUT2D eigenvalue weighted by Crippen LogP contribution is -2.42. The predicted octanol–water partition coefficient (Wildman–Crippen LogP) is 3.13. The second kappa shape index (κ2) is 8.48. The minimum Gasteiger partial charge on any atom is -0.487 e. The van der Waals surface area contributed by atoms with E-state index in [4.69, 9.17) is 13.9 Å².